The van der Waals surface area contributed by atoms with Crippen molar-refractivity contribution in [2.24, 2.45) is 10.8 Å². The maximum absolute atomic E-state index is 12.1. The van der Waals surface area contributed by atoms with E-state index in [1.54, 1.807) is 0 Å². The largest absolute Gasteiger partial charge is 0.353 e. The van der Waals surface area contributed by atoms with Crippen LogP contribution >= 0.6 is 0 Å². The number of carbonyl (C=O) groups is 1. The van der Waals surface area contributed by atoms with Crippen molar-refractivity contribution in [3.8, 4) is 0 Å². The van der Waals surface area contributed by atoms with Crippen LogP contribution in [0.5, 0.6) is 0 Å². The molecule has 124 valence electrons. The Hall–Kier alpha value is -0.670. The van der Waals surface area contributed by atoms with E-state index in [1.165, 1.54) is 24.8 Å². The van der Waals surface area contributed by atoms with Crippen LogP contribution in [0.3, 0.4) is 0 Å². The summed E-state index contributed by atoms with van der Waals surface area (Å²) in [5.74, 6) is 0.267. The first-order chi connectivity index (χ1) is 10.4. The SMILES string of the molecule is CC1(C)CCC[C@]1(C)C1=CC(=O)CCC1OC1CCCCO1. The van der Waals surface area contributed by atoms with Gasteiger partial charge in [-0.3, -0.25) is 4.79 Å². The highest BCUT2D eigenvalue weighted by Crippen LogP contribution is 2.58. The molecule has 0 aromatic carbocycles. The summed E-state index contributed by atoms with van der Waals surface area (Å²) in [6.07, 6.45) is 10.2. The molecular weight excluding hydrogens is 276 g/mol. The third kappa shape index (κ3) is 2.90. The normalized spacial score (nSPS) is 38.9. The smallest absolute Gasteiger partial charge is 0.158 e. The summed E-state index contributed by atoms with van der Waals surface area (Å²) in [6, 6.07) is 0. The summed E-state index contributed by atoms with van der Waals surface area (Å²) in [7, 11) is 0. The van der Waals surface area contributed by atoms with E-state index in [2.05, 4.69) is 20.8 Å². The van der Waals surface area contributed by atoms with E-state index >= 15 is 0 Å². The molecule has 0 bridgehead atoms. The molecule has 2 aliphatic carbocycles. The standard InChI is InChI=1S/C19H30O3/c1-18(2)10-6-11-19(18,3)15-13-14(20)8-9-16(15)22-17-7-4-5-12-21-17/h13,16-17H,4-12H2,1-3H3/t16?,17?,19-/m1/s1. The zero-order valence-electron chi connectivity index (χ0n) is 14.3. The highest BCUT2D eigenvalue weighted by Gasteiger charge is 2.50. The zero-order valence-corrected chi connectivity index (χ0v) is 14.3. The van der Waals surface area contributed by atoms with Gasteiger partial charge in [0.1, 0.15) is 0 Å². The monoisotopic (exact) mass is 306 g/mol. The van der Waals surface area contributed by atoms with E-state index < -0.39 is 0 Å². The fourth-order valence-corrected chi connectivity index (χ4v) is 4.46. The molecule has 0 spiro atoms. The molecule has 3 heteroatoms. The summed E-state index contributed by atoms with van der Waals surface area (Å²) < 4.78 is 12.1. The van der Waals surface area contributed by atoms with Gasteiger partial charge in [-0.05, 0) is 61.0 Å². The Morgan fingerprint density at radius 1 is 1.14 bits per heavy atom. The number of carbonyl (C=O) groups excluding carboxylic acids is 1. The molecule has 0 aromatic rings. The Balaban J connectivity index is 1.82. The van der Waals surface area contributed by atoms with Gasteiger partial charge in [0, 0.05) is 13.0 Å². The third-order valence-electron chi connectivity index (χ3n) is 6.38. The average molecular weight is 306 g/mol. The first-order valence-electron chi connectivity index (χ1n) is 8.94. The van der Waals surface area contributed by atoms with Crippen LogP contribution < -0.4 is 0 Å². The highest BCUT2D eigenvalue weighted by atomic mass is 16.7. The molecule has 22 heavy (non-hydrogen) atoms. The molecular formula is C19H30O3. The molecule has 2 fully saturated rings. The van der Waals surface area contributed by atoms with E-state index in [0.717, 1.165) is 32.3 Å². The lowest BCUT2D eigenvalue weighted by Crippen LogP contribution is -2.41. The fourth-order valence-electron chi connectivity index (χ4n) is 4.46. The van der Waals surface area contributed by atoms with Gasteiger partial charge in [-0.1, -0.05) is 27.2 Å². The molecule has 2 unspecified atom stereocenters. The van der Waals surface area contributed by atoms with Crippen molar-refractivity contribution in [2.75, 3.05) is 6.61 Å². The molecule has 3 nitrogen and oxygen atoms in total. The van der Waals surface area contributed by atoms with E-state index in [-0.39, 0.29) is 29.0 Å². The third-order valence-corrected chi connectivity index (χ3v) is 6.38. The summed E-state index contributed by atoms with van der Waals surface area (Å²) >= 11 is 0. The van der Waals surface area contributed by atoms with Gasteiger partial charge in [-0.2, -0.15) is 0 Å². The first-order valence-corrected chi connectivity index (χ1v) is 8.94. The van der Waals surface area contributed by atoms with Crippen LogP contribution in [-0.2, 0) is 14.3 Å². The van der Waals surface area contributed by atoms with Crippen molar-refractivity contribution in [1.82, 2.24) is 0 Å². The molecule has 1 saturated carbocycles. The number of ether oxygens (including phenoxy) is 2. The lowest BCUT2D eigenvalue weighted by molar-refractivity contribution is -0.186. The van der Waals surface area contributed by atoms with Gasteiger partial charge in [0.05, 0.1) is 6.10 Å². The van der Waals surface area contributed by atoms with Crippen molar-refractivity contribution in [1.29, 1.82) is 0 Å². The summed E-state index contributed by atoms with van der Waals surface area (Å²) in [4.78, 5) is 12.1. The molecule has 0 N–H and O–H groups in total. The predicted octanol–water partition coefficient (Wildman–Crippen LogP) is 4.40. The quantitative estimate of drug-likeness (QED) is 0.775. The summed E-state index contributed by atoms with van der Waals surface area (Å²) in [5.41, 5.74) is 1.54. The molecule has 0 radical (unpaired) electrons. The van der Waals surface area contributed by atoms with Crippen LogP contribution in [0.1, 0.15) is 72.1 Å². The van der Waals surface area contributed by atoms with Crippen LogP contribution in [0.25, 0.3) is 0 Å². The first kappa shape index (κ1) is 16.2. The van der Waals surface area contributed by atoms with Crippen LogP contribution in [-0.4, -0.2) is 24.8 Å². The second-order valence-corrected chi connectivity index (χ2v) is 8.10. The Bertz CT molecular complexity index is 459. The van der Waals surface area contributed by atoms with Gasteiger partial charge in [0.2, 0.25) is 0 Å². The van der Waals surface area contributed by atoms with Crippen molar-refractivity contribution in [3.05, 3.63) is 11.6 Å². The molecule has 0 aromatic heterocycles. The predicted molar refractivity (Wildman–Crippen MR) is 86.5 cm³/mol. The van der Waals surface area contributed by atoms with E-state index in [4.69, 9.17) is 9.47 Å². The number of hydrogen-bond donors (Lipinski definition) is 0. The minimum atomic E-state index is -0.0801. The Kier molecular flexibility index (Phi) is 4.48. The van der Waals surface area contributed by atoms with E-state index in [1.807, 2.05) is 6.08 Å². The number of rotatable bonds is 3. The van der Waals surface area contributed by atoms with Gasteiger partial charge < -0.3 is 9.47 Å². The average Bonchev–Trinajstić information content (AvgIpc) is 2.76. The second kappa shape index (κ2) is 6.09. The van der Waals surface area contributed by atoms with Crippen molar-refractivity contribution >= 4 is 5.78 Å². The maximum atomic E-state index is 12.1. The van der Waals surface area contributed by atoms with Gasteiger partial charge >= 0.3 is 0 Å². The van der Waals surface area contributed by atoms with Crippen LogP contribution in [0.2, 0.25) is 0 Å². The van der Waals surface area contributed by atoms with Crippen LogP contribution in [0.4, 0.5) is 0 Å². The van der Waals surface area contributed by atoms with Gasteiger partial charge in [-0.15, -0.1) is 0 Å². The molecule has 1 saturated heterocycles. The summed E-state index contributed by atoms with van der Waals surface area (Å²) in [5, 5.41) is 0. The van der Waals surface area contributed by atoms with E-state index in [9.17, 15) is 4.79 Å². The van der Waals surface area contributed by atoms with Crippen molar-refractivity contribution in [3.63, 3.8) is 0 Å². The van der Waals surface area contributed by atoms with Crippen molar-refractivity contribution < 1.29 is 14.3 Å². The van der Waals surface area contributed by atoms with Gasteiger partial charge in [-0.25, -0.2) is 0 Å². The fraction of sp³-hybridized carbons (Fsp3) is 0.842. The highest BCUT2D eigenvalue weighted by molar-refractivity contribution is 5.91. The number of ketones is 1. The van der Waals surface area contributed by atoms with E-state index in [0.29, 0.717) is 6.42 Å². The number of allylic oxidation sites excluding steroid dienone is 1. The Morgan fingerprint density at radius 3 is 2.59 bits per heavy atom. The minimum absolute atomic E-state index is 0.0585. The van der Waals surface area contributed by atoms with Crippen LogP contribution in [0.15, 0.2) is 11.6 Å². The summed E-state index contributed by atoms with van der Waals surface area (Å²) in [6.45, 7) is 7.82. The topological polar surface area (TPSA) is 35.5 Å². The van der Waals surface area contributed by atoms with Crippen LogP contribution in [0, 0.1) is 10.8 Å². The molecule has 3 atom stereocenters. The molecule has 1 aliphatic heterocycles. The lowest BCUT2D eigenvalue weighted by Gasteiger charge is -2.45. The Morgan fingerprint density at radius 2 is 1.95 bits per heavy atom. The minimum Gasteiger partial charge on any atom is -0.353 e. The number of hydrogen-bond acceptors (Lipinski definition) is 3. The lowest BCUT2D eigenvalue weighted by atomic mass is 9.62. The second-order valence-electron chi connectivity index (χ2n) is 8.10. The molecule has 0 amide bonds. The zero-order chi connectivity index (χ0) is 15.8. The molecule has 3 rings (SSSR count). The maximum Gasteiger partial charge on any atom is 0.158 e. The van der Waals surface area contributed by atoms with Gasteiger partial charge in [0.25, 0.3) is 0 Å². The molecule has 3 aliphatic rings. The van der Waals surface area contributed by atoms with Crippen molar-refractivity contribution in [2.45, 2.75) is 84.5 Å². The molecule has 1 heterocycles. The Labute approximate surface area is 134 Å². The van der Waals surface area contributed by atoms with Gasteiger partial charge in [0.15, 0.2) is 12.1 Å².